The van der Waals surface area contributed by atoms with Gasteiger partial charge >= 0.3 is 0 Å². The first kappa shape index (κ1) is 45.5. The highest BCUT2D eigenvalue weighted by molar-refractivity contribution is 6.14. The average Bonchev–Trinajstić information content (AvgIpc) is 3.87. The second kappa shape index (κ2) is 17.3. The van der Waals surface area contributed by atoms with E-state index in [1.54, 1.807) is 0 Å². The summed E-state index contributed by atoms with van der Waals surface area (Å²) in [5, 5.41) is 15.2. The number of benzene rings is 5. The van der Waals surface area contributed by atoms with Crippen molar-refractivity contribution in [2.75, 3.05) is 0 Å². The first-order valence-corrected chi connectivity index (χ1v) is 24.1. The third-order valence-electron chi connectivity index (χ3n) is 13.1. The van der Waals surface area contributed by atoms with Gasteiger partial charge in [-0.1, -0.05) is 48.5 Å². The van der Waals surface area contributed by atoms with Crippen LogP contribution < -0.4 is 0 Å². The zero-order valence-corrected chi connectivity index (χ0v) is 42.4. The molecule has 0 bridgehead atoms. The maximum Gasteiger partial charge on any atom is 0.163 e. The van der Waals surface area contributed by atoms with E-state index in [4.69, 9.17) is 44.9 Å². The summed E-state index contributed by atoms with van der Waals surface area (Å²) in [6.45, 7) is 19.0. The molecule has 0 saturated carbocycles. The number of aromatic nitrogens is 15. The van der Waals surface area contributed by atoms with Gasteiger partial charge in [0.2, 0.25) is 0 Å². The minimum atomic E-state index is 0.436. The van der Waals surface area contributed by atoms with Crippen LogP contribution in [0, 0.1) is 80.6 Å². The van der Waals surface area contributed by atoms with Crippen LogP contribution >= 0.6 is 0 Å². The molecule has 0 aliphatic carbocycles. The molecule has 5 aromatic carbocycles. The van der Waals surface area contributed by atoms with Crippen LogP contribution in [-0.2, 0) is 0 Å². The van der Waals surface area contributed by atoms with Crippen molar-refractivity contribution < 1.29 is 0 Å². The van der Waals surface area contributed by atoms with Crippen LogP contribution in [0.4, 0.5) is 0 Å². The Hall–Kier alpha value is -9.62. The molecular formula is C58H46N16. The lowest BCUT2D eigenvalue weighted by Crippen LogP contribution is -2.06. The Balaban J connectivity index is 1.26. The molecule has 7 aromatic heterocycles. The standard InChI is InChI=1S/C58H46N16/c1-28-19-43(20-29(2)60-28)54-52(73-48-23-39(55-65-30(3)61-31(4)66-55)11-15-44(48)45-16-12-40(24-49(45)73)56-67-32(5)62-33(6)68-56)21-38(27-59)22-53(54)74-50-25-41(57-69-34(7)63-35(8)70-57)13-17-46(50)47-18-14-42(26-51(47)74)58-71-36(9)64-37(10)72-58/h11-26H,1-10H3. The lowest BCUT2D eigenvalue weighted by Gasteiger charge is -2.22. The fourth-order valence-electron chi connectivity index (χ4n) is 10.4. The van der Waals surface area contributed by atoms with E-state index in [1.807, 2.05) is 81.4 Å². The summed E-state index contributed by atoms with van der Waals surface area (Å²) >= 11 is 0. The van der Waals surface area contributed by atoms with Gasteiger partial charge in [0.1, 0.15) is 46.6 Å². The molecule has 7 heterocycles. The van der Waals surface area contributed by atoms with Crippen molar-refractivity contribution in [1.82, 2.24) is 73.9 Å². The first-order chi connectivity index (χ1) is 35.6. The molecule has 358 valence electrons. The minimum Gasteiger partial charge on any atom is -0.308 e. The number of hydrogen-bond donors (Lipinski definition) is 0. The molecular weight excluding hydrogens is 921 g/mol. The SMILES string of the molecule is Cc1cc(-c2c(-n3c4cc(-c5nc(C)nc(C)n5)ccc4c4ccc(-c5nc(C)nc(C)n5)cc43)cc(C#N)cc2-n2c3cc(-c4nc(C)nc(C)n4)ccc3c3ccc(-c4nc(C)nc(C)n4)cc32)cc(C)n1. The topological polar surface area (TPSA) is 201 Å². The highest BCUT2D eigenvalue weighted by Gasteiger charge is 2.26. The third-order valence-corrected chi connectivity index (χ3v) is 13.1. The lowest BCUT2D eigenvalue weighted by atomic mass is 9.97. The van der Waals surface area contributed by atoms with Crippen molar-refractivity contribution in [2.24, 2.45) is 0 Å². The second-order valence-electron chi connectivity index (χ2n) is 18.8. The molecule has 0 fully saturated rings. The predicted molar refractivity (Wildman–Crippen MR) is 286 cm³/mol. The van der Waals surface area contributed by atoms with Crippen molar-refractivity contribution in [3.63, 3.8) is 0 Å². The molecule has 0 unspecified atom stereocenters. The zero-order chi connectivity index (χ0) is 51.3. The van der Waals surface area contributed by atoms with Crippen LogP contribution in [-0.4, -0.2) is 73.9 Å². The summed E-state index contributed by atoms with van der Waals surface area (Å²) in [7, 11) is 0. The molecule has 0 atom stereocenters. The molecule has 0 aliphatic rings. The molecule has 12 rings (SSSR count). The monoisotopic (exact) mass is 966 g/mol. The Morgan fingerprint density at radius 3 is 0.838 bits per heavy atom. The highest BCUT2D eigenvalue weighted by atomic mass is 15.1. The van der Waals surface area contributed by atoms with Crippen LogP contribution in [0.1, 0.15) is 63.5 Å². The van der Waals surface area contributed by atoms with E-state index in [0.717, 1.165) is 99.8 Å². The van der Waals surface area contributed by atoms with Gasteiger partial charge in [-0.25, -0.2) is 59.8 Å². The second-order valence-corrected chi connectivity index (χ2v) is 18.8. The predicted octanol–water partition coefficient (Wildman–Crippen LogP) is 11.3. The van der Waals surface area contributed by atoms with Crippen LogP contribution in [0.25, 0.3) is 112 Å². The number of hydrogen-bond acceptors (Lipinski definition) is 14. The summed E-state index contributed by atoms with van der Waals surface area (Å²) in [4.78, 5) is 61.2. The number of pyridine rings is 1. The molecule has 12 aromatic rings. The van der Waals surface area contributed by atoms with Gasteiger partial charge in [-0.2, -0.15) is 5.26 Å². The Morgan fingerprint density at radius 2 is 0.581 bits per heavy atom. The maximum atomic E-state index is 11.3. The number of rotatable bonds is 7. The highest BCUT2D eigenvalue weighted by Crippen LogP contribution is 2.45. The third kappa shape index (κ3) is 7.91. The number of nitriles is 1. The lowest BCUT2D eigenvalue weighted by molar-refractivity contribution is 0.928. The van der Waals surface area contributed by atoms with Gasteiger partial charge in [0.15, 0.2) is 23.3 Å². The van der Waals surface area contributed by atoms with E-state index in [-0.39, 0.29) is 0 Å². The summed E-state index contributed by atoms with van der Waals surface area (Å²) in [5.74, 6) is 7.20. The fourth-order valence-corrected chi connectivity index (χ4v) is 10.4. The summed E-state index contributed by atoms with van der Waals surface area (Å²) in [6, 6.07) is 36.0. The first-order valence-electron chi connectivity index (χ1n) is 24.1. The summed E-state index contributed by atoms with van der Waals surface area (Å²) in [5.41, 5.74) is 12.0. The van der Waals surface area contributed by atoms with Crippen LogP contribution in [0.5, 0.6) is 0 Å². The van der Waals surface area contributed by atoms with Gasteiger partial charge < -0.3 is 9.13 Å². The van der Waals surface area contributed by atoms with Gasteiger partial charge in [-0.3, -0.25) is 4.98 Å². The minimum absolute atomic E-state index is 0.436. The van der Waals surface area contributed by atoms with Gasteiger partial charge in [-0.05, 0) is 123 Å². The summed E-state index contributed by atoms with van der Waals surface area (Å²) in [6.07, 6.45) is 0. The normalized spacial score (nSPS) is 11.6. The fraction of sp³-hybridized carbons (Fsp3) is 0.172. The van der Waals surface area contributed by atoms with Crippen molar-refractivity contribution in [3.05, 3.63) is 161 Å². The molecule has 0 N–H and O–H groups in total. The zero-order valence-electron chi connectivity index (χ0n) is 42.4. The smallest absolute Gasteiger partial charge is 0.163 e. The Morgan fingerprint density at radius 1 is 0.311 bits per heavy atom. The van der Waals surface area contributed by atoms with Gasteiger partial charge in [0.05, 0.1) is 45.1 Å². The van der Waals surface area contributed by atoms with Gasteiger partial charge in [-0.15, -0.1) is 0 Å². The van der Waals surface area contributed by atoms with E-state index in [2.05, 4.69) is 120 Å². The molecule has 0 saturated heterocycles. The van der Waals surface area contributed by atoms with Crippen molar-refractivity contribution >= 4 is 43.6 Å². The number of nitrogens with zero attached hydrogens (tertiary/aromatic N) is 16. The largest absolute Gasteiger partial charge is 0.308 e. The molecule has 0 radical (unpaired) electrons. The molecule has 0 aliphatic heterocycles. The van der Waals surface area contributed by atoms with Crippen LogP contribution in [0.2, 0.25) is 0 Å². The van der Waals surface area contributed by atoms with Crippen LogP contribution in [0.15, 0.2) is 97.1 Å². The molecule has 0 spiro atoms. The van der Waals surface area contributed by atoms with E-state index in [9.17, 15) is 5.26 Å². The van der Waals surface area contributed by atoms with Gasteiger partial charge in [0.25, 0.3) is 0 Å². The van der Waals surface area contributed by atoms with E-state index < -0.39 is 0 Å². The Bertz CT molecular complexity index is 3840. The molecule has 16 heteroatoms. The Labute approximate surface area is 425 Å². The van der Waals surface area contributed by atoms with Crippen molar-refractivity contribution in [3.8, 4) is 74.1 Å². The van der Waals surface area contributed by atoms with Crippen LogP contribution in [0.3, 0.4) is 0 Å². The molecule has 16 nitrogen and oxygen atoms in total. The van der Waals surface area contributed by atoms with E-state index >= 15 is 0 Å². The summed E-state index contributed by atoms with van der Waals surface area (Å²) < 4.78 is 4.50. The number of fused-ring (bicyclic) bond motifs is 6. The maximum absolute atomic E-state index is 11.3. The van der Waals surface area contributed by atoms with Crippen molar-refractivity contribution in [2.45, 2.75) is 69.2 Å². The Kier molecular flexibility index (Phi) is 10.6. The average molecular weight is 967 g/mol. The van der Waals surface area contributed by atoms with E-state index in [0.29, 0.717) is 75.5 Å². The molecule has 74 heavy (non-hydrogen) atoms. The van der Waals surface area contributed by atoms with Crippen molar-refractivity contribution in [1.29, 1.82) is 5.26 Å². The molecule has 0 amide bonds. The quantitative estimate of drug-likeness (QED) is 0.146. The van der Waals surface area contributed by atoms with E-state index in [1.165, 1.54) is 0 Å². The van der Waals surface area contributed by atoms with Gasteiger partial charge in [0, 0.05) is 60.8 Å². The number of aryl methyl sites for hydroxylation is 10.